The summed E-state index contributed by atoms with van der Waals surface area (Å²) in [4.78, 5) is 2.03. The molecule has 4 rings (SSSR count). The number of nitrogens with zero attached hydrogens (tertiary/aromatic N) is 1. The Balaban J connectivity index is 1.91. The molecule has 0 aromatic heterocycles. The van der Waals surface area contributed by atoms with Crippen molar-refractivity contribution in [2.75, 3.05) is 4.90 Å². The second-order valence-electron chi connectivity index (χ2n) is 9.18. The lowest BCUT2D eigenvalue weighted by atomic mass is 10.0. The molecule has 0 unspecified atom stereocenters. The lowest BCUT2D eigenvalue weighted by Crippen LogP contribution is -2.13. The van der Waals surface area contributed by atoms with E-state index >= 15 is 0 Å². The van der Waals surface area contributed by atoms with Crippen molar-refractivity contribution in [3.05, 3.63) is 94.0 Å². The Hall–Kier alpha value is -4.12. The molecule has 0 aliphatic heterocycles. The topological polar surface area (TPSA) is 73.2 Å². The fourth-order valence-corrected chi connectivity index (χ4v) is 4.24. The molecule has 0 heterocycles. The van der Waals surface area contributed by atoms with Crippen LogP contribution in [0.25, 0.3) is 0 Å². The van der Waals surface area contributed by atoms with Crippen molar-refractivity contribution in [2.45, 2.75) is 41.5 Å². The largest absolute Gasteiger partial charge is 0.508 e. The van der Waals surface area contributed by atoms with Crippen LogP contribution in [0.4, 0.5) is 17.1 Å². The second-order valence-corrected chi connectivity index (χ2v) is 9.18. The molecule has 0 saturated heterocycles. The van der Waals surface area contributed by atoms with E-state index in [0.29, 0.717) is 11.5 Å². The van der Waals surface area contributed by atoms with Gasteiger partial charge in [-0.2, -0.15) is 0 Å². The van der Waals surface area contributed by atoms with Crippen molar-refractivity contribution in [1.29, 1.82) is 0 Å². The van der Waals surface area contributed by atoms with Gasteiger partial charge in [0.1, 0.15) is 28.7 Å². The van der Waals surface area contributed by atoms with Gasteiger partial charge in [0.15, 0.2) is 0 Å². The molecule has 0 atom stereocenters. The van der Waals surface area contributed by atoms with Gasteiger partial charge in [-0.05, 0) is 106 Å². The van der Waals surface area contributed by atoms with Gasteiger partial charge in [-0.3, -0.25) is 0 Å². The molecule has 0 radical (unpaired) electrons. The predicted molar refractivity (Wildman–Crippen MR) is 141 cm³/mol. The van der Waals surface area contributed by atoms with Gasteiger partial charge in [-0.15, -0.1) is 0 Å². The minimum absolute atomic E-state index is 0.151. The van der Waals surface area contributed by atoms with E-state index in [2.05, 4.69) is 0 Å². The maximum atomic E-state index is 10.6. The molecule has 4 aromatic carbocycles. The van der Waals surface area contributed by atoms with Gasteiger partial charge in [-0.1, -0.05) is 6.07 Å². The number of anilines is 3. The summed E-state index contributed by atoms with van der Waals surface area (Å²) in [7, 11) is 0. The van der Waals surface area contributed by atoms with Crippen LogP contribution in [0.3, 0.4) is 0 Å². The van der Waals surface area contributed by atoms with Crippen LogP contribution in [0.1, 0.15) is 33.4 Å². The number of hydrogen-bond acceptors (Lipinski definition) is 5. The number of benzene rings is 4. The van der Waals surface area contributed by atoms with E-state index in [1.807, 2.05) is 82.8 Å². The highest BCUT2D eigenvalue weighted by molar-refractivity contribution is 5.83. The number of phenols is 3. The van der Waals surface area contributed by atoms with Crippen molar-refractivity contribution in [1.82, 2.24) is 0 Å². The van der Waals surface area contributed by atoms with E-state index in [4.69, 9.17) is 4.74 Å². The van der Waals surface area contributed by atoms with Crippen LogP contribution in [-0.2, 0) is 0 Å². The average molecular weight is 470 g/mol. The van der Waals surface area contributed by atoms with E-state index in [1.165, 1.54) is 0 Å². The Labute approximate surface area is 206 Å². The number of rotatable bonds is 5. The van der Waals surface area contributed by atoms with E-state index in [9.17, 15) is 15.3 Å². The fourth-order valence-electron chi connectivity index (χ4n) is 4.24. The third-order valence-corrected chi connectivity index (χ3v) is 6.38. The highest BCUT2D eigenvalue weighted by atomic mass is 16.5. The van der Waals surface area contributed by atoms with Gasteiger partial charge in [0.05, 0.1) is 11.4 Å². The second kappa shape index (κ2) is 9.26. The molecule has 0 spiro atoms. The summed E-state index contributed by atoms with van der Waals surface area (Å²) in [5.41, 5.74) is 7.58. The summed E-state index contributed by atoms with van der Waals surface area (Å²) in [6.45, 7) is 11.5. The normalized spacial score (nSPS) is 10.9. The lowest BCUT2D eigenvalue weighted by Gasteiger charge is -2.30. The standard InChI is InChI=1S/C30H31NO4/c1-17-10-26(21(5)28(33)12-17)31(27-11-18(2)13-29(34)22(27)6)23-8-7-9-25(15-23)35-30-16-24(32)14-19(3)20(30)4/h7-16,32-34H,1-6H3. The number of ether oxygens (including phenoxy) is 1. The molecule has 35 heavy (non-hydrogen) atoms. The van der Waals surface area contributed by atoms with Crippen molar-refractivity contribution in [3.63, 3.8) is 0 Å². The Kier molecular flexibility index (Phi) is 6.35. The first-order valence-electron chi connectivity index (χ1n) is 11.5. The highest BCUT2D eigenvalue weighted by Gasteiger charge is 2.21. The van der Waals surface area contributed by atoms with E-state index in [0.717, 1.165) is 50.4 Å². The van der Waals surface area contributed by atoms with Gasteiger partial charge in [0, 0.05) is 28.9 Å². The summed E-state index contributed by atoms with van der Waals surface area (Å²) >= 11 is 0. The number of hydrogen-bond donors (Lipinski definition) is 3. The van der Waals surface area contributed by atoms with Crippen LogP contribution in [0.15, 0.2) is 60.7 Å². The van der Waals surface area contributed by atoms with Gasteiger partial charge >= 0.3 is 0 Å². The molecule has 0 aliphatic carbocycles. The zero-order valence-corrected chi connectivity index (χ0v) is 21.0. The van der Waals surface area contributed by atoms with Crippen LogP contribution in [0.2, 0.25) is 0 Å². The molecule has 5 heteroatoms. The summed E-state index contributed by atoms with van der Waals surface area (Å²) in [5.74, 6) is 1.75. The number of aromatic hydroxyl groups is 3. The minimum Gasteiger partial charge on any atom is -0.508 e. The molecule has 4 aromatic rings. The average Bonchev–Trinajstić information content (AvgIpc) is 2.78. The van der Waals surface area contributed by atoms with E-state index in [1.54, 1.807) is 24.3 Å². The summed E-state index contributed by atoms with van der Waals surface area (Å²) in [6, 6.07) is 18.5. The quantitative estimate of drug-likeness (QED) is 0.277. The third-order valence-electron chi connectivity index (χ3n) is 6.38. The van der Waals surface area contributed by atoms with Crippen molar-refractivity contribution in [3.8, 4) is 28.7 Å². The summed E-state index contributed by atoms with van der Waals surface area (Å²) < 4.78 is 6.20. The van der Waals surface area contributed by atoms with Gasteiger partial charge in [-0.25, -0.2) is 0 Å². The van der Waals surface area contributed by atoms with Gasteiger partial charge < -0.3 is 25.0 Å². The van der Waals surface area contributed by atoms with E-state index in [-0.39, 0.29) is 17.2 Å². The SMILES string of the molecule is Cc1cc(O)c(C)c(N(c2cccc(Oc3cc(O)cc(C)c3C)c2)c2cc(C)cc(O)c2C)c1. The summed E-state index contributed by atoms with van der Waals surface area (Å²) in [6.07, 6.45) is 0. The molecule has 3 N–H and O–H groups in total. The molecule has 180 valence electrons. The Morgan fingerprint density at radius 3 is 1.77 bits per heavy atom. The highest BCUT2D eigenvalue weighted by Crippen LogP contribution is 2.44. The zero-order chi connectivity index (χ0) is 25.4. The number of aryl methyl sites for hydroxylation is 3. The molecule has 0 fully saturated rings. The molecule has 0 bridgehead atoms. The number of phenolic OH excluding ortho intramolecular Hbond substituents is 3. The first-order chi connectivity index (χ1) is 16.5. The molecular weight excluding hydrogens is 438 g/mol. The van der Waals surface area contributed by atoms with Crippen LogP contribution >= 0.6 is 0 Å². The van der Waals surface area contributed by atoms with Crippen LogP contribution in [-0.4, -0.2) is 15.3 Å². The first-order valence-corrected chi connectivity index (χ1v) is 11.5. The van der Waals surface area contributed by atoms with Crippen molar-refractivity contribution in [2.24, 2.45) is 0 Å². The van der Waals surface area contributed by atoms with Crippen LogP contribution in [0.5, 0.6) is 28.7 Å². The van der Waals surface area contributed by atoms with Gasteiger partial charge in [0.2, 0.25) is 0 Å². The monoisotopic (exact) mass is 469 g/mol. The smallest absolute Gasteiger partial charge is 0.134 e. The Morgan fingerprint density at radius 2 is 1.20 bits per heavy atom. The zero-order valence-electron chi connectivity index (χ0n) is 21.0. The fraction of sp³-hybridized carbons (Fsp3) is 0.200. The molecule has 0 aliphatic rings. The maximum absolute atomic E-state index is 10.6. The van der Waals surface area contributed by atoms with Crippen molar-refractivity contribution >= 4 is 17.1 Å². The van der Waals surface area contributed by atoms with Gasteiger partial charge in [0.25, 0.3) is 0 Å². The minimum atomic E-state index is 0.151. The van der Waals surface area contributed by atoms with E-state index < -0.39 is 0 Å². The van der Waals surface area contributed by atoms with Crippen molar-refractivity contribution < 1.29 is 20.1 Å². The summed E-state index contributed by atoms with van der Waals surface area (Å²) in [5, 5.41) is 31.3. The van der Waals surface area contributed by atoms with Crippen LogP contribution < -0.4 is 9.64 Å². The lowest BCUT2D eigenvalue weighted by molar-refractivity contribution is 0.452. The van der Waals surface area contributed by atoms with Crippen LogP contribution in [0, 0.1) is 41.5 Å². The molecular formula is C30H31NO4. The Bertz CT molecular complexity index is 1370. The maximum Gasteiger partial charge on any atom is 0.134 e. The predicted octanol–water partition coefficient (Wildman–Crippen LogP) is 7.92. The molecule has 5 nitrogen and oxygen atoms in total. The molecule has 0 amide bonds. The Morgan fingerprint density at radius 1 is 0.629 bits per heavy atom. The third kappa shape index (κ3) is 4.76. The molecule has 0 saturated carbocycles. The first kappa shape index (κ1) is 24.0.